The number of aliphatic hydroxyl groups is 7. The van der Waals surface area contributed by atoms with Gasteiger partial charge in [0.2, 0.25) is 0 Å². The van der Waals surface area contributed by atoms with E-state index in [1.165, 1.54) is 0 Å². The van der Waals surface area contributed by atoms with Crippen LogP contribution in [0.5, 0.6) is 0 Å². The highest BCUT2D eigenvalue weighted by Crippen LogP contribution is 2.73. The Kier molecular flexibility index (Phi) is 8.08. The minimum absolute atomic E-state index is 0.0243. The molecule has 4 saturated carbocycles. The first kappa shape index (κ1) is 33.3. The van der Waals surface area contributed by atoms with E-state index in [1.54, 1.807) is 6.92 Å². The van der Waals surface area contributed by atoms with Gasteiger partial charge in [0.05, 0.1) is 31.0 Å². The Balaban J connectivity index is 1.11. The monoisotopic (exact) mass is 652 g/mol. The Bertz CT molecular complexity index is 1260. The van der Waals surface area contributed by atoms with Crippen LogP contribution in [0, 0.1) is 40.4 Å². The van der Waals surface area contributed by atoms with Crippen molar-refractivity contribution in [3.05, 3.63) is 11.1 Å². The van der Waals surface area contributed by atoms with Gasteiger partial charge in [-0.2, -0.15) is 0 Å². The molecule has 0 aromatic rings. The molecule has 0 aromatic heterocycles. The zero-order chi connectivity index (χ0) is 33.2. The number of rotatable bonds is 5. The van der Waals surface area contributed by atoms with Gasteiger partial charge in [0, 0.05) is 30.3 Å². The van der Waals surface area contributed by atoms with E-state index in [1.807, 2.05) is 13.8 Å². The molecule has 260 valence electrons. The minimum atomic E-state index is -1.59. The average Bonchev–Trinajstić information content (AvgIpc) is 3.76. The van der Waals surface area contributed by atoms with E-state index in [0.717, 1.165) is 18.4 Å². The molecule has 0 bridgehead atoms. The Labute approximate surface area is 269 Å². The zero-order valence-electron chi connectivity index (χ0n) is 27.4. The van der Waals surface area contributed by atoms with Crippen molar-refractivity contribution in [2.24, 2.45) is 40.4 Å². The van der Waals surface area contributed by atoms with Crippen LogP contribution in [0.3, 0.4) is 0 Å². The first-order valence-electron chi connectivity index (χ1n) is 17.2. The van der Waals surface area contributed by atoms with Crippen molar-refractivity contribution < 1.29 is 59.5 Å². The number of hydrogen-bond acceptors (Lipinski definition) is 12. The molecule has 4 aliphatic carbocycles. The van der Waals surface area contributed by atoms with E-state index in [2.05, 4.69) is 13.8 Å². The van der Waals surface area contributed by atoms with Crippen LogP contribution in [-0.2, 0) is 23.7 Å². The summed E-state index contributed by atoms with van der Waals surface area (Å²) in [5.74, 6) is -0.382. The molecule has 7 rings (SSSR count). The highest BCUT2D eigenvalue weighted by atomic mass is 16.7. The average molecular weight is 653 g/mol. The van der Waals surface area contributed by atoms with E-state index < -0.39 is 72.7 Å². The first-order valence-corrected chi connectivity index (χ1v) is 17.2. The first-order chi connectivity index (χ1) is 21.6. The third kappa shape index (κ3) is 4.51. The van der Waals surface area contributed by atoms with Crippen LogP contribution in [0.2, 0.25) is 0 Å². The molecular weight excluding hydrogens is 600 g/mol. The van der Waals surface area contributed by atoms with E-state index in [-0.39, 0.29) is 66.0 Å². The number of carbonyl (C=O) groups excluding carboxylic acids is 1. The van der Waals surface area contributed by atoms with E-state index in [4.69, 9.17) is 18.9 Å². The number of fused-ring (bicyclic) bond motifs is 8. The maximum atomic E-state index is 12.6. The molecule has 7 aliphatic rings. The predicted octanol–water partition coefficient (Wildman–Crippen LogP) is 0.162. The van der Waals surface area contributed by atoms with Gasteiger partial charge in [-0.15, -0.1) is 0 Å². The van der Waals surface area contributed by atoms with Crippen LogP contribution in [0.1, 0.15) is 73.1 Å². The minimum Gasteiger partial charge on any atom is -0.458 e. The second-order valence-corrected chi connectivity index (χ2v) is 16.2. The predicted molar refractivity (Wildman–Crippen MR) is 160 cm³/mol. The highest BCUT2D eigenvalue weighted by Gasteiger charge is 2.79. The molecule has 2 saturated heterocycles. The second kappa shape index (κ2) is 11.2. The lowest BCUT2D eigenvalue weighted by Gasteiger charge is -2.64. The molecule has 6 fully saturated rings. The smallest absolute Gasteiger partial charge is 0.333 e. The van der Waals surface area contributed by atoms with Gasteiger partial charge < -0.3 is 54.7 Å². The molecule has 19 atom stereocenters. The second-order valence-electron chi connectivity index (χ2n) is 16.2. The summed E-state index contributed by atoms with van der Waals surface area (Å²) in [6.45, 7) is 9.48. The molecule has 0 spiro atoms. The lowest BCUT2D eigenvalue weighted by molar-refractivity contribution is -0.329. The van der Waals surface area contributed by atoms with E-state index in [9.17, 15) is 40.5 Å². The summed E-state index contributed by atoms with van der Waals surface area (Å²) in [5.41, 5.74) is -0.927. The Morgan fingerprint density at radius 3 is 2.39 bits per heavy atom. The lowest BCUT2D eigenvalue weighted by Crippen LogP contribution is -2.71. The normalized spacial score (nSPS) is 57.1. The summed E-state index contributed by atoms with van der Waals surface area (Å²) in [5, 5.41) is 76.5. The molecular formula is C34H52O12. The third-order valence-electron chi connectivity index (χ3n) is 14.3. The standard InChI is InChI=1S/C34H52O12/c1-13-8-20(44-30(41)14(13)2)15(3)24-19(36)10-18-23-17(6-7-32(18,24)4)33(5)22(37)9-16(11-34(33,42)29-28(23)46-29)43-31-27(40)26(39)25(38)21(12-35)45-31/h15-29,31,35-40,42H,6-12H2,1-5H3/t15-,16+,17-,18-,19-,20+,21+,22-,23+,24-,25+,26-,27+,28+,29+,31+,32-,33-,34+/m1/s1. The van der Waals surface area contributed by atoms with Gasteiger partial charge >= 0.3 is 5.97 Å². The number of ether oxygens (including phenoxy) is 4. The summed E-state index contributed by atoms with van der Waals surface area (Å²) in [6, 6.07) is 0. The van der Waals surface area contributed by atoms with Crippen LogP contribution in [-0.4, -0.2) is 121 Å². The van der Waals surface area contributed by atoms with Gasteiger partial charge in [-0.3, -0.25) is 0 Å². The Morgan fingerprint density at radius 2 is 1.72 bits per heavy atom. The topological polar surface area (TPSA) is 199 Å². The highest BCUT2D eigenvalue weighted by molar-refractivity contribution is 5.89. The van der Waals surface area contributed by atoms with Crippen molar-refractivity contribution in [1.29, 1.82) is 0 Å². The maximum absolute atomic E-state index is 12.6. The summed E-state index contributed by atoms with van der Waals surface area (Å²) < 4.78 is 23.8. The van der Waals surface area contributed by atoms with Crippen molar-refractivity contribution in [2.75, 3.05) is 6.61 Å². The van der Waals surface area contributed by atoms with Gasteiger partial charge in [0.15, 0.2) is 6.29 Å². The van der Waals surface area contributed by atoms with Crippen LogP contribution in [0.25, 0.3) is 0 Å². The van der Waals surface area contributed by atoms with Gasteiger partial charge in [-0.1, -0.05) is 26.3 Å². The fraction of sp³-hybridized carbons (Fsp3) is 0.912. The number of hydrogen-bond donors (Lipinski definition) is 7. The molecule has 0 aromatic carbocycles. The molecule has 0 amide bonds. The molecule has 0 unspecified atom stereocenters. The van der Waals surface area contributed by atoms with E-state index in [0.29, 0.717) is 18.4 Å². The van der Waals surface area contributed by atoms with Crippen molar-refractivity contribution in [2.45, 2.75) is 146 Å². The Morgan fingerprint density at radius 1 is 1.00 bits per heavy atom. The molecule has 12 heteroatoms. The number of aliphatic hydroxyl groups excluding tert-OH is 6. The molecule has 7 N–H and O–H groups in total. The number of esters is 1. The third-order valence-corrected chi connectivity index (χ3v) is 14.3. The molecule has 0 radical (unpaired) electrons. The summed E-state index contributed by atoms with van der Waals surface area (Å²) >= 11 is 0. The van der Waals surface area contributed by atoms with Crippen LogP contribution >= 0.6 is 0 Å². The van der Waals surface area contributed by atoms with E-state index >= 15 is 0 Å². The van der Waals surface area contributed by atoms with Crippen molar-refractivity contribution in [1.82, 2.24) is 0 Å². The molecule has 3 heterocycles. The number of epoxide rings is 1. The fourth-order valence-corrected chi connectivity index (χ4v) is 11.5. The zero-order valence-corrected chi connectivity index (χ0v) is 27.4. The molecule has 3 aliphatic heterocycles. The van der Waals surface area contributed by atoms with Crippen molar-refractivity contribution in [3.63, 3.8) is 0 Å². The van der Waals surface area contributed by atoms with Crippen LogP contribution in [0.4, 0.5) is 0 Å². The largest absolute Gasteiger partial charge is 0.458 e. The van der Waals surface area contributed by atoms with Crippen molar-refractivity contribution >= 4 is 5.97 Å². The quantitative estimate of drug-likeness (QED) is 0.121. The lowest BCUT2D eigenvalue weighted by atomic mass is 9.42. The summed E-state index contributed by atoms with van der Waals surface area (Å²) in [6.07, 6.45) is -7.55. The van der Waals surface area contributed by atoms with Crippen molar-refractivity contribution in [3.8, 4) is 0 Å². The number of cyclic esters (lactones) is 1. The Hall–Kier alpha value is -1.19. The van der Waals surface area contributed by atoms with Crippen LogP contribution < -0.4 is 0 Å². The summed E-state index contributed by atoms with van der Waals surface area (Å²) in [7, 11) is 0. The molecule has 12 nitrogen and oxygen atoms in total. The SMILES string of the molecule is CC1=C(C)C(=O)O[C@H]([C@@H](C)[C@@H]2[C@H](O)C[C@@H]3[C@H]4[C@@H]5O[C@@H]5[C@@]5(O)C[C@@H](O[C@H]6O[C@@H](CO)[C@H](O)[C@@H](O)[C@@H]6O)C[C@@H](O)[C@@]5(C)[C@@H]4CC[C@@]23C)C1. The van der Waals surface area contributed by atoms with Gasteiger partial charge in [0.25, 0.3) is 0 Å². The number of carbonyl (C=O) groups is 1. The van der Waals surface area contributed by atoms with Gasteiger partial charge in [-0.05, 0) is 68.1 Å². The molecule has 46 heavy (non-hydrogen) atoms. The van der Waals surface area contributed by atoms with Crippen LogP contribution in [0.15, 0.2) is 11.1 Å². The summed E-state index contributed by atoms with van der Waals surface area (Å²) in [4.78, 5) is 12.6. The maximum Gasteiger partial charge on any atom is 0.333 e. The van der Waals surface area contributed by atoms with Gasteiger partial charge in [-0.25, -0.2) is 4.79 Å². The van der Waals surface area contributed by atoms with Gasteiger partial charge in [0.1, 0.15) is 42.2 Å². The fourth-order valence-electron chi connectivity index (χ4n) is 11.5.